The lowest BCUT2D eigenvalue weighted by atomic mass is 9.93. The smallest absolute Gasteiger partial charge is 0.309 e. The first kappa shape index (κ1) is 24.4. The number of fused-ring (bicyclic) bond motifs is 2. The van der Waals surface area contributed by atoms with Gasteiger partial charge < -0.3 is 14.6 Å². The first-order valence-corrected chi connectivity index (χ1v) is 13.5. The third-order valence-electron chi connectivity index (χ3n) is 7.97. The Hall–Kier alpha value is -4.62. The van der Waals surface area contributed by atoms with Gasteiger partial charge in [0.25, 0.3) is 0 Å². The van der Waals surface area contributed by atoms with E-state index in [9.17, 15) is 4.79 Å². The number of imidazole rings is 1. The second kappa shape index (κ2) is 9.84. The van der Waals surface area contributed by atoms with E-state index in [1.165, 1.54) is 16.7 Å². The number of aliphatic carboxylic acids is 1. The molecule has 1 N–H and O–H groups in total. The molecule has 2 aliphatic rings. The van der Waals surface area contributed by atoms with E-state index in [1.54, 1.807) is 0 Å². The molecule has 5 aromatic rings. The molecule has 2 aliphatic heterocycles. The van der Waals surface area contributed by atoms with Crippen LogP contribution < -0.4 is 9.47 Å². The summed E-state index contributed by atoms with van der Waals surface area (Å²) in [6.45, 7) is 5.31. The van der Waals surface area contributed by atoms with E-state index in [0.717, 1.165) is 51.6 Å². The van der Waals surface area contributed by atoms with Crippen LogP contribution in [0, 0.1) is 12.8 Å². The van der Waals surface area contributed by atoms with Gasteiger partial charge >= 0.3 is 5.97 Å². The van der Waals surface area contributed by atoms with Gasteiger partial charge in [-0.05, 0) is 64.6 Å². The maximum absolute atomic E-state index is 11.1. The Balaban J connectivity index is 1.14. The lowest BCUT2D eigenvalue weighted by Crippen LogP contribution is -2.49. The Morgan fingerprint density at radius 3 is 2.35 bits per heavy atom. The molecular formula is C33H29N3O4. The number of rotatable bonds is 6. The second-order valence-corrected chi connectivity index (χ2v) is 10.5. The van der Waals surface area contributed by atoms with Gasteiger partial charge in [0.05, 0.1) is 17.8 Å². The maximum atomic E-state index is 11.1. The molecule has 3 aromatic carbocycles. The van der Waals surface area contributed by atoms with Crippen molar-refractivity contribution in [1.82, 2.24) is 14.3 Å². The predicted octanol–water partition coefficient (Wildman–Crippen LogP) is 5.93. The third-order valence-corrected chi connectivity index (χ3v) is 7.97. The number of nitrogens with zero attached hydrogens (tertiary/aromatic N) is 3. The highest BCUT2D eigenvalue weighted by atomic mass is 16.6. The molecule has 0 spiro atoms. The number of pyridine rings is 1. The van der Waals surface area contributed by atoms with Crippen LogP contribution in [0.3, 0.4) is 0 Å². The number of carbonyl (C=O) groups is 1. The molecule has 2 aromatic heterocycles. The molecule has 7 heteroatoms. The number of carboxylic acid groups (broad SMARTS) is 1. The van der Waals surface area contributed by atoms with Gasteiger partial charge in [0, 0.05) is 31.4 Å². The Labute approximate surface area is 232 Å². The normalized spacial score (nSPS) is 15.2. The van der Waals surface area contributed by atoms with Crippen molar-refractivity contribution in [2.24, 2.45) is 5.92 Å². The van der Waals surface area contributed by atoms with Crippen LogP contribution in [0.5, 0.6) is 11.5 Å². The van der Waals surface area contributed by atoms with Gasteiger partial charge in [0.1, 0.15) is 18.9 Å². The molecule has 200 valence electrons. The van der Waals surface area contributed by atoms with Crippen LogP contribution in [0.1, 0.15) is 11.1 Å². The van der Waals surface area contributed by atoms with Gasteiger partial charge in [-0.1, -0.05) is 48.5 Å². The summed E-state index contributed by atoms with van der Waals surface area (Å²) < 4.78 is 13.6. The van der Waals surface area contributed by atoms with E-state index in [1.807, 2.05) is 12.3 Å². The summed E-state index contributed by atoms with van der Waals surface area (Å²) in [5, 5.41) is 9.09. The van der Waals surface area contributed by atoms with Gasteiger partial charge in [-0.3, -0.25) is 14.1 Å². The summed E-state index contributed by atoms with van der Waals surface area (Å²) in [6.07, 6.45) is 4.00. The largest absolute Gasteiger partial charge is 0.486 e. The Morgan fingerprint density at radius 2 is 1.60 bits per heavy atom. The van der Waals surface area contributed by atoms with Crippen molar-refractivity contribution in [1.29, 1.82) is 0 Å². The molecule has 1 fully saturated rings. The van der Waals surface area contributed by atoms with Crippen molar-refractivity contribution in [3.05, 3.63) is 96.3 Å². The van der Waals surface area contributed by atoms with E-state index in [2.05, 4.69) is 89.2 Å². The first-order valence-electron chi connectivity index (χ1n) is 13.5. The Morgan fingerprint density at radius 1 is 0.900 bits per heavy atom. The summed E-state index contributed by atoms with van der Waals surface area (Å²) in [5.74, 6) is 0.650. The number of hydrogen-bond acceptors (Lipinski definition) is 5. The number of benzene rings is 3. The zero-order valence-corrected chi connectivity index (χ0v) is 22.2. The molecular weight excluding hydrogens is 502 g/mol. The Kier molecular flexibility index (Phi) is 6.01. The zero-order valence-electron chi connectivity index (χ0n) is 22.2. The topological polar surface area (TPSA) is 76.3 Å². The van der Waals surface area contributed by atoms with Crippen LogP contribution >= 0.6 is 0 Å². The summed E-state index contributed by atoms with van der Waals surface area (Å²) in [7, 11) is 0. The van der Waals surface area contributed by atoms with Crippen LogP contribution in [-0.2, 0) is 11.3 Å². The fourth-order valence-electron chi connectivity index (χ4n) is 5.73. The van der Waals surface area contributed by atoms with Gasteiger partial charge in [-0.15, -0.1) is 0 Å². The number of ether oxygens (including phenoxy) is 2. The van der Waals surface area contributed by atoms with E-state index in [-0.39, 0.29) is 5.92 Å². The molecule has 0 saturated carbocycles. The molecule has 0 bridgehead atoms. The average Bonchev–Trinajstić information content (AvgIpc) is 3.38. The number of likely N-dealkylation sites (tertiary alicyclic amines) is 1. The number of aromatic nitrogens is 2. The minimum atomic E-state index is -0.703. The molecule has 4 heterocycles. The van der Waals surface area contributed by atoms with Crippen LogP contribution in [0.2, 0.25) is 0 Å². The van der Waals surface area contributed by atoms with Gasteiger partial charge in [0.15, 0.2) is 11.5 Å². The molecule has 0 atom stereocenters. The fraction of sp³-hybridized carbons (Fsp3) is 0.212. The highest BCUT2D eigenvalue weighted by molar-refractivity contribution is 5.81. The van der Waals surface area contributed by atoms with E-state index in [0.29, 0.717) is 26.3 Å². The quantitative estimate of drug-likeness (QED) is 0.293. The fourth-order valence-corrected chi connectivity index (χ4v) is 5.73. The standard InChI is InChI=1S/C33H29N3O4/c1-21-27(24-9-10-30-31(15-24)40-14-13-39-30)3-2-4-28(21)25-11-12-36-29(17-34-32(36)16-25)23-7-5-22(6-8-23)18-35-19-26(20-35)33(37)38/h2-12,15-17,26H,13-14,18-20H2,1H3,(H,37,38). The molecule has 7 rings (SSSR count). The molecule has 7 nitrogen and oxygen atoms in total. The highest BCUT2D eigenvalue weighted by Crippen LogP contribution is 2.38. The third kappa shape index (κ3) is 4.38. The van der Waals surface area contributed by atoms with E-state index >= 15 is 0 Å². The molecule has 0 unspecified atom stereocenters. The molecule has 0 amide bonds. The van der Waals surface area contributed by atoms with Gasteiger partial charge in [-0.2, -0.15) is 0 Å². The summed E-state index contributed by atoms with van der Waals surface area (Å²) >= 11 is 0. The molecule has 1 saturated heterocycles. The van der Waals surface area contributed by atoms with Crippen LogP contribution in [0.4, 0.5) is 0 Å². The minimum absolute atomic E-state index is 0.234. The lowest BCUT2D eigenvalue weighted by Gasteiger charge is -2.36. The molecule has 40 heavy (non-hydrogen) atoms. The molecule has 0 aliphatic carbocycles. The SMILES string of the molecule is Cc1c(-c2ccc3c(c2)OCCO3)cccc1-c1ccn2c(-c3ccc(CN4CC(C(=O)O)C4)cc3)cnc2c1. The number of hydrogen-bond donors (Lipinski definition) is 1. The lowest BCUT2D eigenvalue weighted by molar-refractivity contribution is -0.147. The minimum Gasteiger partial charge on any atom is -0.486 e. The molecule has 0 radical (unpaired) electrons. The van der Waals surface area contributed by atoms with Gasteiger partial charge in [-0.25, -0.2) is 4.98 Å². The summed E-state index contributed by atoms with van der Waals surface area (Å²) in [4.78, 5) is 17.9. The van der Waals surface area contributed by atoms with E-state index in [4.69, 9.17) is 19.6 Å². The van der Waals surface area contributed by atoms with Crippen molar-refractivity contribution in [3.8, 4) is 45.0 Å². The Bertz CT molecular complexity index is 1740. The highest BCUT2D eigenvalue weighted by Gasteiger charge is 2.32. The first-order chi connectivity index (χ1) is 19.5. The van der Waals surface area contributed by atoms with Crippen molar-refractivity contribution in [2.45, 2.75) is 13.5 Å². The van der Waals surface area contributed by atoms with Crippen LogP contribution in [-0.4, -0.2) is 51.7 Å². The second-order valence-electron chi connectivity index (χ2n) is 10.5. The zero-order chi connectivity index (χ0) is 27.2. The van der Waals surface area contributed by atoms with Crippen molar-refractivity contribution in [2.75, 3.05) is 26.3 Å². The average molecular weight is 532 g/mol. The van der Waals surface area contributed by atoms with Crippen molar-refractivity contribution < 1.29 is 19.4 Å². The monoisotopic (exact) mass is 531 g/mol. The van der Waals surface area contributed by atoms with E-state index < -0.39 is 5.97 Å². The maximum Gasteiger partial charge on any atom is 0.309 e. The van der Waals surface area contributed by atoms with Gasteiger partial charge in [0.2, 0.25) is 0 Å². The van der Waals surface area contributed by atoms with Crippen molar-refractivity contribution >= 4 is 11.6 Å². The summed E-state index contributed by atoms with van der Waals surface area (Å²) in [6, 6.07) is 25.3. The number of carboxylic acids is 1. The van der Waals surface area contributed by atoms with Crippen LogP contribution in [0.25, 0.3) is 39.2 Å². The van der Waals surface area contributed by atoms with Crippen LogP contribution in [0.15, 0.2) is 85.2 Å². The summed E-state index contributed by atoms with van der Waals surface area (Å²) in [5.41, 5.74) is 9.94. The predicted molar refractivity (Wildman–Crippen MR) is 154 cm³/mol. The van der Waals surface area contributed by atoms with Crippen molar-refractivity contribution in [3.63, 3.8) is 0 Å².